The number of furan rings is 2. The first-order valence-electron chi connectivity index (χ1n) is 7.23. The van der Waals surface area contributed by atoms with Crippen LogP contribution >= 0.6 is 0 Å². The highest BCUT2D eigenvalue weighted by atomic mass is 16.3. The van der Waals surface area contributed by atoms with Crippen LogP contribution in [0, 0.1) is 0 Å². The lowest BCUT2D eigenvalue weighted by Crippen LogP contribution is -2.41. The Labute approximate surface area is 141 Å². The van der Waals surface area contributed by atoms with Crippen LogP contribution in [0.25, 0.3) is 0 Å². The number of carbonyl (C=O) groups excluding carboxylic acids is 3. The molecule has 0 spiro atoms. The van der Waals surface area contributed by atoms with Gasteiger partial charge in [-0.25, -0.2) is 0 Å². The zero-order chi connectivity index (χ0) is 17.6. The smallest absolute Gasteiger partial charge is 0.305 e. The normalized spacial score (nSPS) is 10.1. The molecule has 0 radical (unpaired) electrons. The van der Waals surface area contributed by atoms with Crippen LogP contribution in [0.1, 0.15) is 31.5 Å². The molecule has 0 bridgehead atoms. The summed E-state index contributed by atoms with van der Waals surface area (Å²) in [6, 6.07) is 12.5. The molecule has 3 rings (SSSR count). The summed E-state index contributed by atoms with van der Waals surface area (Å²) in [6.07, 6.45) is 2.72. The lowest BCUT2D eigenvalue weighted by molar-refractivity contribution is 0.0831. The molecule has 3 N–H and O–H groups in total. The molecule has 2 heterocycles. The van der Waals surface area contributed by atoms with E-state index >= 15 is 0 Å². The van der Waals surface area contributed by atoms with Crippen molar-refractivity contribution in [3.8, 4) is 0 Å². The number of para-hydroxylation sites is 1. The molecule has 25 heavy (non-hydrogen) atoms. The maximum absolute atomic E-state index is 12.3. The third kappa shape index (κ3) is 3.75. The van der Waals surface area contributed by atoms with Crippen LogP contribution in [0.2, 0.25) is 0 Å². The fraction of sp³-hybridized carbons (Fsp3) is 0. The van der Waals surface area contributed by atoms with Gasteiger partial charge in [0.1, 0.15) is 0 Å². The van der Waals surface area contributed by atoms with Gasteiger partial charge in [-0.2, -0.15) is 0 Å². The van der Waals surface area contributed by atoms with E-state index in [2.05, 4.69) is 16.2 Å². The molecule has 0 saturated heterocycles. The minimum absolute atomic E-state index is 0.0553. The first kappa shape index (κ1) is 16.1. The van der Waals surface area contributed by atoms with Crippen molar-refractivity contribution in [2.24, 2.45) is 0 Å². The van der Waals surface area contributed by atoms with E-state index < -0.39 is 17.7 Å². The van der Waals surface area contributed by atoms with E-state index in [1.54, 1.807) is 30.3 Å². The molecule has 126 valence electrons. The number of hydrogen-bond donors (Lipinski definition) is 3. The van der Waals surface area contributed by atoms with Gasteiger partial charge in [-0.1, -0.05) is 12.1 Å². The first-order valence-corrected chi connectivity index (χ1v) is 7.23. The summed E-state index contributed by atoms with van der Waals surface area (Å²) in [5.41, 5.74) is 4.93. The van der Waals surface area contributed by atoms with E-state index in [-0.39, 0.29) is 22.8 Å². The zero-order valence-electron chi connectivity index (χ0n) is 12.8. The number of amides is 3. The minimum atomic E-state index is -0.602. The van der Waals surface area contributed by atoms with Gasteiger partial charge >= 0.3 is 5.91 Å². The quantitative estimate of drug-likeness (QED) is 0.631. The van der Waals surface area contributed by atoms with Crippen LogP contribution in [0.4, 0.5) is 5.69 Å². The van der Waals surface area contributed by atoms with Crippen LogP contribution < -0.4 is 16.2 Å². The molecule has 2 aromatic heterocycles. The van der Waals surface area contributed by atoms with Crippen LogP contribution in [0.5, 0.6) is 0 Å². The standard InChI is InChI=1S/C17H13N3O5/c21-15(19-20-17(23)14-8-4-10-25-14)11-5-1-2-6-12(11)18-16(22)13-7-3-9-24-13/h1-10H,(H,18,22)(H,19,21)(H,20,23). The number of hydrazine groups is 1. The second kappa shape index (κ2) is 7.18. The van der Waals surface area contributed by atoms with Crippen molar-refractivity contribution in [1.82, 2.24) is 10.9 Å². The second-order valence-corrected chi connectivity index (χ2v) is 4.86. The lowest BCUT2D eigenvalue weighted by Gasteiger charge is -2.11. The van der Waals surface area contributed by atoms with Crippen molar-refractivity contribution in [2.75, 3.05) is 5.32 Å². The molecule has 0 atom stereocenters. The summed E-state index contributed by atoms with van der Waals surface area (Å²) >= 11 is 0. The SMILES string of the molecule is O=C(NNC(=O)c1ccccc1NC(=O)c1ccco1)c1ccco1. The molecular weight excluding hydrogens is 326 g/mol. The molecule has 3 aromatic rings. The Morgan fingerprint density at radius 3 is 1.92 bits per heavy atom. The topological polar surface area (TPSA) is 114 Å². The summed E-state index contributed by atoms with van der Waals surface area (Å²) in [5, 5.41) is 2.58. The van der Waals surface area contributed by atoms with Crippen molar-refractivity contribution >= 4 is 23.4 Å². The van der Waals surface area contributed by atoms with Gasteiger partial charge in [-0.15, -0.1) is 0 Å². The highest BCUT2D eigenvalue weighted by Crippen LogP contribution is 2.16. The molecule has 8 nitrogen and oxygen atoms in total. The van der Waals surface area contributed by atoms with Crippen molar-refractivity contribution in [3.63, 3.8) is 0 Å². The Bertz CT molecular complexity index is 885. The Balaban J connectivity index is 1.68. The average molecular weight is 339 g/mol. The monoisotopic (exact) mass is 339 g/mol. The summed E-state index contributed by atoms with van der Waals surface area (Å²) in [4.78, 5) is 36.1. The van der Waals surface area contributed by atoms with Crippen molar-refractivity contribution in [3.05, 3.63) is 78.1 Å². The van der Waals surface area contributed by atoms with E-state index in [4.69, 9.17) is 8.83 Å². The van der Waals surface area contributed by atoms with Gasteiger partial charge in [0.05, 0.1) is 23.8 Å². The fourth-order valence-corrected chi connectivity index (χ4v) is 2.03. The number of carbonyl (C=O) groups is 3. The Morgan fingerprint density at radius 2 is 1.28 bits per heavy atom. The second-order valence-electron chi connectivity index (χ2n) is 4.86. The van der Waals surface area contributed by atoms with Crippen LogP contribution in [-0.4, -0.2) is 17.7 Å². The lowest BCUT2D eigenvalue weighted by atomic mass is 10.1. The van der Waals surface area contributed by atoms with Crippen LogP contribution in [0.3, 0.4) is 0 Å². The largest absolute Gasteiger partial charge is 0.459 e. The van der Waals surface area contributed by atoms with Crippen molar-refractivity contribution in [1.29, 1.82) is 0 Å². The van der Waals surface area contributed by atoms with Gasteiger partial charge in [0.2, 0.25) is 0 Å². The van der Waals surface area contributed by atoms with Gasteiger partial charge in [-0.3, -0.25) is 25.2 Å². The minimum Gasteiger partial charge on any atom is -0.459 e. The van der Waals surface area contributed by atoms with E-state index in [0.717, 1.165) is 0 Å². The van der Waals surface area contributed by atoms with Gasteiger partial charge in [0.25, 0.3) is 11.8 Å². The Hall–Kier alpha value is -3.81. The number of hydrogen-bond acceptors (Lipinski definition) is 5. The number of benzene rings is 1. The molecule has 0 aliphatic carbocycles. The fourth-order valence-electron chi connectivity index (χ4n) is 2.03. The molecular formula is C17H13N3O5. The predicted molar refractivity (Wildman–Crippen MR) is 86.7 cm³/mol. The first-order chi connectivity index (χ1) is 12.1. The van der Waals surface area contributed by atoms with Crippen molar-refractivity contribution in [2.45, 2.75) is 0 Å². The maximum atomic E-state index is 12.3. The summed E-state index contributed by atoms with van der Waals surface area (Å²) in [7, 11) is 0. The van der Waals surface area contributed by atoms with Gasteiger partial charge in [0, 0.05) is 0 Å². The third-order valence-corrected chi connectivity index (χ3v) is 3.20. The molecule has 0 fully saturated rings. The molecule has 0 saturated carbocycles. The Morgan fingerprint density at radius 1 is 0.680 bits per heavy atom. The van der Waals surface area contributed by atoms with Gasteiger partial charge < -0.3 is 14.2 Å². The average Bonchev–Trinajstić information content (AvgIpc) is 3.33. The summed E-state index contributed by atoms with van der Waals surface area (Å²) in [5.74, 6) is -1.53. The molecule has 0 unspecified atom stereocenters. The maximum Gasteiger partial charge on any atom is 0.305 e. The van der Waals surface area contributed by atoms with E-state index in [1.807, 2.05) is 0 Å². The molecule has 1 aromatic carbocycles. The number of anilines is 1. The van der Waals surface area contributed by atoms with Crippen LogP contribution in [0.15, 0.2) is 69.9 Å². The predicted octanol–water partition coefficient (Wildman–Crippen LogP) is 2.20. The molecule has 0 aliphatic heterocycles. The highest BCUT2D eigenvalue weighted by molar-refractivity contribution is 6.08. The van der Waals surface area contributed by atoms with E-state index in [1.165, 1.54) is 30.7 Å². The number of rotatable bonds is 4. The summed E-state index contributed by atoms with van der Waals surface area (Å²) in [6.45, 7) is 0. The Kier molecular flexibility index (Phi) is 4.61. The molecule has 0 aliphatic rings. The number of nitrogens with one attached hydrogen (secondary N) is 3. The summed E-state index contributed by atoms with van der Waals surface area (Å²) < 4.78 is 9.93. The van der Waals surface area contributed by atoms with Crippen molar-refractivity contribution < 1.29 is 23.2 Å². The van der Waals surface area contributed by atoms with Gasteiger partial charge in [0.15, 0.2) is 11.5 Å². The zero-order valence-corrected chi connectivity index (χ0v) is 12.8. The molecule has 8 heteroatoms. The molecule has 3 amide bonds. The van der Waals surface area contributed by atoms with Gasteiger partial charge in [-0.05, 0) is 36.4 Å². The highest BCUT2D eigenvalue weighted by Gasteiger charge is 2.16. The van der Waals surface area contributed by atoms with E-state index in [9.17, 15) is 14.4 Å². The van der Waals surface area contributed by atoms with Crippen LogP contribution in [-0.2, 0) is 0 Å². The third-order valence-electron chi connectivity index (χ3n) is 3.20. The van der Waals surface area contributed by atoms with E-state index in [0.29, 0.717) is 0 Å².